The Hall–Kier alpha value is -1.32. The second-order valence-electron chi connectivity index (χ2n) is 7.27. The zero-order valence-corrected chi connectivity index (χ0v) is 13.7. The molecule has 1 fully saturated rings. The molecule has 3 nitrogen and oxygen atoms in total. The van der Waals surface area contributed by atoms with E-state index in [-0.39, 0.29) is 5.41 Å². The zero-order chi connectivity index (χ0) is 15.0. The van der Waals surface area contributed by atoms with Crippen LogP contribution in [0.15, 0.2) is 30.5 Å². The Morgan fingerprint density at radius 3 is 2.43 bits per heavy atom. The van der Waals surface area contributed by atoms with Crippen LogP contribution in [-0.4, -0.2) is 35.6 Å². The van der Waals surface area contributed by atoms with Crippen LogP contribution < -0.4 is 5.32 Å². The molecule has 1 aromatic heterocycles. The molecule has 0 spiro atoms. The van der Waals surface area contributed by atoms with E-state index in [0.717, 1.165) is 26.2 Å². The number of hydrogen-bond acceptors (Lipinski definition) is 2. The zero-order valence-electron chi connectivity index (χ0n) is 13.7. The minimum absolute atomic E-state index is 0.224. The molecular weight excluding hydrogens is 258 g/mol. The van der Waals surface area contributed by atoms with Crippen LogP contribution in [0.1, 0.15) is 32.4 Å². The van der Waals surface area contributed by atoms with Crippen molar-refractivity contribution < 1.29 is 0 Å². The van der Waals surface area contributed by atoms with E-state index in [4.69, 9.17) is 0 Å². The van der Waals surface area contributed by atoms with Gasteiger partial charge in [0.2, 0.25) is 0 Å². The van der Waals surface area contributed by atoms with E-state index >= 15 is 0 Å². The highest BCUT2D eigenvalue weighted by atomic mass is 15.2. The second kappa shape index (κ2) is 5.47. The molecule has 1 aromatic carbocycles. The van der Waals surface area contributed by atoms with Crippen LogP contribution in [0, 0.1) is 5.41 Å². The smallest absolute Gasteiger partial charge is 0.0481 e. The van der Waals surface area contributed by atoms with E-state index in [1.54, 1.807) is 0 Å². The van der Waals surface area contributed by atoms with Crippen molar-refractivity contribution in [2.75, 3.05) is 26.2 Å². The number of hydrogen-bond donors (Lipinski definition) is 1. The summed E-state index contributed by atoms with van der Waals surface area (Å²) in [6.45, 7) is 11.5. The summed E-state index contributed by atoms with van der Waals surface area (Å²) >= 11 is 0. The van der Waals surface area contributed by atoms with Gasteiger partial charge in [-0.3, -0.25) is 4.90 Å². The van der Waals surface area contributed by atoms with E-state index in [1.165, 1.54) is 16.5 Å². The van der Waals surface area contributed by atoms with Gasteiger partial charge in [0.15, 0.2) is 0 Å². The Kier molecular flexibility index (Phi) is 3.80. The predicted octanol–water partition coefficient (Wildman–Crippen LogP) is 3.17. The average Bonchev–Trinajstić information content (AvgIpc) is 2.77. The molecule has 1 N–H and O–H groups in total. The lowest BCUT2D eigenvalue weighted by molar-refractivity contribution is 0.0871. The Bertz CT molecular complexity index is 615. The van der Waals surface area contributed by atoms with Crippen molar-refractivity contribution >= 4 is 10.9 Å². The van der Waals surface area contributed by atoms with E-state index in [2.05, 4.69) is 73.1 Å². The van der Waals surface area contributed by atoms with E-state index < -0.39 is 0 Å². The number of aromatic nitrogens is 1. The topological polar surface area (TPSA) is 20.2 Å². The first-order chi connectivity index (χ1) is 9.98. The van der Waals surface area contributed by atoms with Gasteiger partial charge in [-0.05, 0) is 17.0 Å². The highest BCUT2D eigenvalue weighted by molar-refractivity contribution is 5.84. The summed E-state index contributed by atoms with van der Waals surface area (Å²) in [5.74, 6) is 0. The number of nitrogens with one attached hydrogen (secondary N) is 1. The number of aryl methyl sites for hydroxylation is 1. The third kappa shape index (κ3) is 2.72. The van der Waals surface area contributed by atoms with Crippen LogP contribution in [0.4, 0.5) is 0 Å². The van der Waals surface area contributed by atoms with Crippen molar-refractivity contribution in [1.29, 1.82) is 0 Å². The molecule has 0 saturated carbocycles. The molecule has 1 saturated heterocycles. The number of para-hydroxylation sites is 1. The van der Waals surface area contributed by atoms with E-state index in [9.17, 15) is 0 Å². The first-order valence-corrected chi connectivity index (χ1v) is 7.97. The first kappa shape index (κ1) is 14.6. The second-order valence-corrected chi connectivity index (χ2v) is 7.27. The summed E-state index contributed by atoms with van der Waals surface area (Å²) in [7, 11) is 2.16. The Morgan fingerprint density at radius 1 is 1.10 bits per heavy atom. The standard InChI is InChI=1S/C18H27N3/c1-18(2,3)17(21-11-9-19-10-12-21)15-13-20(4)16-8-6-5-7-14(15)16/h5-8,13,17,19H,9-12H2,1-4H3/t17-/m1/s1. The SMILES string of the molecule is Cn1cc([C@@H](N2CCNCC2)C(C)(C)C)c2ccccc21. The number of nitrogens with zero attached hydrogens (tertiary/aromatic N) is 2. The molecule has 0 bridgehead atoms. The molecule has 0 unspecified atom stereocenters. The van der Waals surface area contributed by atoms with Gasteiger partial charge in [-0.2, -0.15) is 0 Å². The number of piperazine rings is 1. The maximum atomic E-state index is 3.47. The molecule has 21 heavy (non-hydrogen) atoms. The normalized spacial score (nSPS) is 19.0. The minimum Gasteiger partial charge on any atom is -0.350 e. The molecule has 2 aromatic rings. The Morgan fingerprint density at radius 2 is 1.76 bits per heavy atom. The van der Waals surface area contributed by atoms with Crippen LogP contribution in [-0.2, 0) is 7.05 Å². The van der Waals surface area contributed by atoms with Crippen molar-refractivity contribution in [3.05, 3.63) is 36.0 Å². The van der Waals surface area contributed by atoms with Gasteiger partial charge in [-0.1, -0.05) is 39.0 Å². The van der Waals surface area contributed by atoms with Crippen molar-refractivity contribution in [3.63, 3.8) is 0 Å². The molecule has 1 aliphatic heterocycles. The Balaban J connectivity index is 2.10. The number of benzene rings is 1. The van der Waals surface area contributed by atoms with Gasteiger partial charge in [-0.25, -0.2) is 0 Å². The van der Waals surface area contributed by atoms with Crippen molar-refractivity contribution in [2.45, 2.75) is 26.8 Å². The highest BCUT2D eigenvalue weighted by Gasteiger charge is 2.34. The van der Waals surface area contributed by atoms with Gasteiger partial charge in [0.25, 0.3) is 0 Å². The van der Waals surface area contributed by atoms with Crippen LogP contribution in [0.3, 0.4) is 0 Å². The van der Waals surface area contributed by atoms with E-state index in [0.29, 0.717) is 6.04 Å². The summed E-state index contributed by atoms with van der Waals surface area (Å²) < 4.78 is 2.27. The molecule has 1 atom stereocenters. The van der Waals surface area contributed by atoms with Crippen molar-refractivity contribution in [3.8, 4) is 0 Å². The van der Waals surface area contributed by atoms with Crippen LogP contribution in [0.2, 0.25) is 0 Å². The fourth-order valence-corrected chi connectivity index (χ4v) is 3.74. The minimum atomic E-state index is 0.224. The predicted molar refractivity (Wildman–Crippen MR) is 89.6 cm³/mol. The molecule has 2 heterocycles. The summed E-state index contributed by atoms with van der Waals surface area (Å²) in [5.41, 5.74) is 3.03. The van der Waals surface area contributed by atoms with Gasteiger partial charge < -0.3 is 9.88 Å². The Labute approximate surface area is 127 Å². The summed E-state index contributed by atoms with van der Waals surface area (Å²) in [5, 5.41) is 4.87. The van der Waals surface area contributed by atoms with Crippen molar-refractivity contribution in [2.24, 2.45) is 12.5 Å². The molecule has 114 valence electrons. The average molecular weight is 285 g/mol. The third-order valence-electron chi connectivity index (χ3n) is 4.56. The molecule has 0 amide bonds. The summed E-state index contributed by atoms with van der Waals surface area (Å²) in [4.78, 5) is 2.65. The van der Waals surface area contributed by atoms with Crippen LogP contribution in [0.5, 0.6) is 0 Å². The third-order valence-corrected chi connectivity index (χ3v) is 4.56. The van der Waals surface area contributed by atoms with E-state index in [1.807, 2.05) is 0 Å². The van der Waals surface area contributed by atoms with Gasteiger partial charge in [0.1, 0.15) is 0 Å². The van der Waals surface area contributed by atoms with Gasteiger partial charge in [0.05, 0.1) is 0 Å². The molecule has 0 radical (unpaired) electrons. The lowest BCUT2D eigenvalue weighted by atomic mass is 9.81. The fourth-order valence-electron chi connectivity index (χ4n) is 3.74. The van der Waals surface area contributed by atoms with Gasteiger partial charge in [-0.15, -0.1) is 0 Å². The molecular formula is C18H27N3. The molecule has 3 heteroatoms. The van der Waals surface area contributed by atoms with Gasteiger partial charge in [0, 0.05) is 56.4 Å². The summed E-state index contributed by atoms with van der Waals surface area (Å²) in [6.07, 6.45) is 2.34. The lowest BCUT2D eigenvalue weighted by Gasteiger charge is -2.42. The van der Waals surface area contributed by atoms with Crippen LogP contribution >= 0.6 is 0 Å². The lowest BCUT2D eigenvalue weighted by Crippen LogP contribution is -2.48. The largest absolute Gasteiger partial charge is 0.350 e. The maximum Gasteiger partial charge on any atom is 0.0481 e. The molecule has 3 rings (SSSR count). The summed E-state index contributed by atoms with van der Waals surface area (Å²) in [6, 6.07) is 9.24. The van der Waals surface area contributed by atoms with Crippen LogP contribution in [0.25, 0.3) is 10.9 Å². The highest BCUT2D eigenvalue weighted by Crippen LogP contribution is 2.41. The van der Waals surface area contributed by atoms with Gasteiger partial charge >= 0.3 is 0 Å². The quantitative estimate of drug-likeness (QED) is 0.914. The number of rotatable bonds is 2. The monoisotopic (exact) mass is 285 g/mol. The van der Waals surface area contributed by atoms with Crippen molar-refractivity contribution in [1.82, 2.24) is 14.8 Å². The number of fused-ring (bicyclic) bond motifs is 1. The first-order valence-electron chi connectivity index (χ1n) is 7.97. The fraction of sp³-hybridized carbons (Fsp3) is 0.556. The molecule has 0 aliphatic carbocycles. The maximum absolute atomic E-state index is 3.47. The molecule has 1 aliphatic rings.